The molecule has 62 valence electrons. The molecule has 2 aromatic rings. The molecule has 0 unspecified atom stereocenters. The van der Waals surface area contributed by atoms with Crippen molar-refractivity contribution >= 4 is 33.8 Å². The number of aryl methyl sites for hydroxylation is 2. The maximum Gasteiger partial charge on any atom is 0.128 e. The highest BCUT2D eigenvalue weighted by Gasteiger charge is 2.03. The van der Waals surface area contributed by atoms with E-state index in [4.69, 9.17) is 12.2 Å². The molecule has 0 bridgehead atoms. The zero-order chi connectivity index (χ0) is 8.72. The van der Waals surface area contributed by atoms with Crippen LogP contribution in [0.1, 0.15) is 11.4 Å². The van der Waals surface area contributed by atoms with Crippen molar-refractivity contribution in [3.63, 3.8) is 0 Å². The maximum absolute atomic E-state index is 5.19. The average Bonchev–Trinajstić information content (AvgIpc) is 2.31. The average molecular weight is 196 g/mol. The Balaban J connectivity index is 3.03. The largest absolute Gasteiger partial charge is 0.334 e. The quantitative estimate of drug-likeness (QED) is 0.656. The summed E-state index contributed by atoms with van der Waals surface area (Å²) >= 11 is 6.84. The lowest BCUT2D eigenvalue weighted by Crippen LogP contribution is -1.87. The molecule has 0 aliphatic rings. The molecule has 0 spiro atoms. The molecule has 0 radical (unpaired) electrons. The van der Waals surface area contributed by atoms with Gasteiger partial charge >= 0.3 is 0 Å². The zero-order valence-electron chi connectivity index (χ0n) is 6.84. The van der Waals surface area contributed by atoms with Crippen molar-refractivity contribution < 1.29 is 0 Å². The fourth-order valence-electron chi connectivity index (χ4n) is 1.20. The fourth-order valence-corrected chi connectivity index (χ4v) is 2.64. The van der Waals surface area contributed by atoms with Gasteiger partial charge in [0.2, 0.25) is 0 Å². The molecular weight excluding hydrogens is 188 g/mol. The van der Waals surface area contributed by atoms with Gasteiger partial charge in [0.15, 0.2) is 0 Å². The van der Waals surface area contributed by atoms with E-state index in [1.165, 1.54) is 5.56 Å². The number of fused-ring (bicyclic) bond motifs is 1. The van der Waals surface area contributed by atoms with Gasteiger partial charge in [0, 0.05) is 5.39 Å². The SMILES string of the molecule is Cc1nc2scc(C)c2c(=S)[nH]1. The number of H-pyrrole nitrogens is 1. The molecule has 12 heavy (non-hydrogen) atoms. The predicted molar refractivity (Wildman–Crippen MR) is 54.3 cm³/mol. The van der Waals surface area contributed by atoms with Gasteiger partial charge < -0.3 is 4.98 Å². The lowest BCUT2D eigenvalue weighted by Gasteiger charge is -1.94. The van der Waals surface area contributed by atoms with Crippen LogP contribution in [0.3, 0.4) is 0 Å². The Bertz CT molecular complexity index is 481. The van der Waals surface area contributed by atoms with Crippen LogP contribution in [0.15, 0.2) is 5.38 Å². The summed E-state index contributed by atoms with van der Waals surface area (Å²) in [5.74, 6) is 0.884. The summed E-state index contributed by atoms with van der Waals surface area (Å²) in [6.07, 6.45) is 0. The van der Waals surface area contributed by atoms with Crippen molar-refractivity contribution in [2.45, 2.75) is 13.8 Å². The van der Waals surface area contributed by atoms with Gasteiger partial charge in [-0.15, -0.1) is 11.3 Å². The van der Waals surface area contributed by atoms with Crippen LogP contribution in [0.5, 0.6) is 0 Å². The third-order valence-electron chi connectivity index (χ3n) is 1.75. The van der Waals surface area contributed by atoms with Gasteiger partial charge in [-0.25, -0.2) is 4.98 Å². The van der Waals surface area contributed by atoms with E-state index in [9.17, 15) is 0 Å². The molecule has 2 nitrogen and oxygen atoms in total. The van der Waals surface area contributed by atoms with E-state index in [1.54, 1.807) is 11.3 Å². The summed E-state index contributed by atoms with van der Waals surface area (Å²) in [5.41, 5.74) is 1.21. The van der Waals surface area contributed by atoms with Gasteiger partial charge in [-0.05, 0) is 24.8 Å². The molecular formula is C8H8N2S2. The molecule has 0 aromatic carbocycles. The van der Waals surface area contributed by atoms with E-state index in [0.29, 0.717) is 0 Å². The molecule has 0 aliphatic carbocycles. The van der Waals surface area contributed by atoms with Gasteiger partial charge in [-0.3, -0.25) is 0 Å². The van der Waals surface area contributed by atoms with Gasteiger partial charge in [-0.1, -0.05) is 12.2 Å². The zero-order valence-corrected chi connectivity index (χ0v) is 8.47. The molecule has 4 heteroatoms. The predicted octanol–water partition coefficient (Wildman–Crippen LogP) is 2.97. The highest BCUT2D eigenvalue weighted by atomic mass is 32.1. The molecule has 0 atom stereocenters. The molecule has 0 amide bonds. The van der Waals surface area contributed by atoms with Crippen LogP contribution in [-0.2, 0) is 0 Å². The number of nitrogens with one attached hydrogen (secondary N) is 1. The first-order chi connectivity index (χ1) is 5.68. The number of aromatic nitrogens is 2. The molecule has 0 aliphatic heterocycles. The summed E-state index contributed by atoms with van der Waals surface area (Å²) in [6.45, 7) is 3.98. The molecule has 2 aromatic heterocycles. The maximum atomic E-state index is 5.19. The second-order valence-corrected chi connectivity index (χ2v) is 4.02. The van der Waals surface area contributed by atoms with Gasteiger partial charge in [-0.2, -0.15) is 0 Å². The van der Waals surface area contributed by atoms with Gasteiger partial charge in [0.25, 0.3) is 0 Å². The summed E-state index contributed by atoms with van der Waals surface area (Å²) in [6, 6.07) is 0. The van der Waals surface area contributed by atoms with Crippen LogP contribution in [0.25, 0.3) is 10.2 Å². The monoisotopic (exact) mass is 196 g/mol. The minimum atomic E-state index is 0.802. The summed E-state index contributed by atoms with van der Waals surface area (Å²) in [4.78, 5) is 8.44. The Morgan fingerprint density at radius 2 is 2.25 bits per heavy atom. The Morgan fingerprint density at radius 1 is 1.50 bits per heavy atom. The second kappa shape index (κ2) is 2.64. The van der Waals surface area contributed by atoms with Crippen molar-refractivity contribution in [3.8, 4) is 0 Å². The smallest absolute Gasteiger partial charge is 0.128 e. The van der Waals surface area contributed by atoms with Crippen LogP contribution >= 0.6 is 23.6 Å². The van der Waals surface area contributed by atoms with Crippen molar-refractivity contribution in [2.75, 3.05) is 0 Å². The fraction of sp³-hybridized carbons (Fsp3) is 0.250. The van der Waals surface area contributed by atoms with E-state index >= 15 is 0 Å². The summed E-state index contributed by atoms with van der Waals surface area (Å²) < 4.78 is 0.802. The number of rotatable bonds is 0. The second-order valence-electron chi connectivity index (χ2n) is 2.75. The Morgan fingerprint density at radius 3 is 3.00 bits per heavy atom. The lowest BCUT2D eigenvalue weighted by molar-refractivity contribution is 1.09. The first-order valence-electron chi connectivity index (χ1n) is 3.63. The standard InChI is InChI=1S/C8H8N2S2/c1-4-3-12-8-6(4)7(11)9-5(2)10-8/h3H,1-2H3,(H,9,10,11). The number of nitrogens with zero attached hydrogens (tertiary/aromatic N) is 1. The first kappa shape index (κ1) is 7.89. The van der Waals surface area contributed by atoms with Crippen molar-refractivity contribution in [3.05, 3.63) is 21.4 Å². The van der Waals surface area contributed by atoms with Crippen molar-refractivity contribution in [1.82, 2.24) is 9.97 Å². The van der Waals surface area contributed by atoms with Crippen LogP contribution in [-0.4, -0.2) is 9.97 Å². The molecule has 2 heterocycles. The summed E-state index contributed by atoms with van der Waals surface area (Å²) in [5, 5.41) is 3.18. The van der Waals surface area contributed by atoms with Gasteiger partial charge in [0.1, 0.15) is 15.3 Å². The normalized spacial score (nSPS) is 10.8. The van der Waals surface area contributed by atoms with E-state index in [2.05, 4.69) is 22.3 Å². The lowest BCUT2D eigenvalue weighted by atomic mass is 10.3. The topological polar surface area (TPSA) is 28.7 Å². The number of thiophene rings is 1. The van der Waals surface area contributed by atoms with Crippen LogP contribution < -0.4 is 0 Å². The number of hydrogen-bond donors (Lipinski definition) is 1. The van der Waals surface area contributed by atoms with Crippen LogP contribution in [0.4, 0.5) is 0 Å². The highest BCUT2D eigenvalue weighted by molar-refractivity contribution is 7.71. The number of aromatic amines is 1. The highest BCUT2D eigenvalue weighted by Crippen LogP contribution is 2.23. The Kier molecular flexibility index (Phi) is 1.73. The molecule has 2 rings (SSSR count). The molecule has 0 fully saturated rings. The first-order valence-corrected chi connectivity index (χ1v) is 4.92. The van der Waals surface area contributed by atoms with Crippen molar-refractivity contribution in [2.24, 2.45) is 0 Å². The van der Waals surface area contributed by atoms with E-state index in [1.807, 2.05) is 6.92 Å². The van der Waals surface area contributed by atoms with Crippen molar-refractivity contribution in [1.29, 1.82) is 0 Å². The van der Waals surface area contributed by atoms with E-state index < -0.39 is 0 Å². The summed E-state index contributed by atoms with van der Waals surface area (Å²) in [7, 11) is 0. The van der Waals surface area contributed by atoms with Crippen LogP contribution in [0, 0.1) is 18.5 Å². The molecule has 0 saturated carbocycles. The number of hydrogen-bond acceptors (Lipinski definition) is 3. The minimum Gasteiger partial charge on any atom is -0.334 e. The van der Waals surface area contributed by atoms with Crippen LogP contribution in [0.2, 0.25) is 0 Å². The molecule has 0 saturated heterocycles. The van der Waals surface area contributed by atoms with E-state index in [-0.39, 0.29) is 0 Å². The Labute approximate surface area is 79.3 Å². The van der Waals surface area contributed by atoms with E-state index in [0.717, 1.165) is 20.7 Å². The Hall–Kier alpha value is -0.740. The van der Waals surface area contributed by atoms with Gasteiger partial charge in [0.05, 0.1) is 0 Å². The third-order valence-corrected chi connectivity index (χ3v) is 3.04. The minimum absolute atomic E-state index is 0.802. The third kappa shape index (κ3) is 1.07. The molecule has 1 N–H and O–H groups in total.